The molecule has 5 nitrogen and oxygen atoms in total. The van der Waals surface area contributed by atoms with Gasteiger partial charge >= 0.3 is 0 Å². The van der Waals surface area contributed by atoms with Crippen molar-refractivity contribution >= 4 is 11.5 Å². The Hall–Kier alpha value is -1.49. The van der Waals surface area contributed by atoms with Crippen molar-refractivity contribution in [1.29, 1.82) is 0 Å². The van der Waals surface area contributed by atoms with E-state index in [-0.39, 0.29) is 6.61 Å². The van der Waals surface area contributed by atoms with Gasteiger partial charge in [-0.25, -0.2) is 0 Å². The number of nitrogens with two attached hydrogens (primary N) is 1. The van der Waals surface area contributed by atoms with Crippen LogP contribution in [0.3, 0.4) is 0 Å². The van der Waals surface area contributed by atoms with Gasteiger partial charge in [0.1, 0.15) is 5.82 Å². The Morgan fingerprint density at radius 2 is 2.17 bits per heavy atom. The molecule has 5 heteroatoms. The lowest BCUT2D eigenvalue weighted by Crippen LogP contribution is -2.35. The molecule has 0 aliphatic carbocycles. The largest absolute Gasteiger partial charge is 0.476 e. The topological polar surface area (TPSA) is 71.6 Å². The zero-order chi connectivity index (χ0) is 13.0. The Kier molecular flexibility index (Phi) is 4.25. The molecule has 1 aliphatic heterocycles. The van der Waals surface area contributed by atoms with Crippen LogP contribution in [-0.2, 0) is 0 Å². The maximum Gasteiger partial charge on any atom is 0.239 e. The quantitative estimate of drug-likeness (QED) is 0.843. The average Bonchev–Trinajstić information content (AvgIpc) is 2.42. The number of rotatable bonds is 4. The fraction of sp³-hybridized carbons (Fsp3) is 0.615. The number of pyridine rings is 1. The molecule has 2 heterocycles. The maximum absolute atomic E-state index is 9.13. The van der Waals surface area contributed by atoms with Gasteiger partial charge < -0.3 is 20.5 Å². The first-order valence-electron chi connectivity index (χ1n) is 6.49. The molecular formula is C13H21N3O2. The second kappa shape index (κ2) is 5.91. The van der Waals surface area contributed by atoms with Gasteiger partial charge in [0.2, 0.25) is 5.88 Å². The van der Waals surface area contributed by atoms with Crippen molar-refractivity contribution in [2.75, 3.05) is 36.9 Å². The first kappa shape index (κ1) is 13.0. The minimum Gasteiger partial charge on any atom is -0.476 e. The highest BCUT2D eigenvalue weighted by Crippen LogP contribution is 2.26. The van der Waals surface area contributed by atoms with Gasteiger partial charge in [0.25, 0.3) is 0 Å². The van der Waals surface area contributed by atoms with Crippen LogP contribution < -0.4 is 15.4 Å². The Bertz CT molecular complexity index is 390. The second-order valence-electron chi connectivity index (χ2n) is 4.61. The van der Waals surface area contributed by atoms with Crippen molar-refractivity contribution in [3.05, 3.63) is 12.1 Å². The van der Waals surface area contributed by atoms with Crippen molar-refractivity contribution in [2.24, 2.45) is 5.92 Å². The summed E-state index contributed by atoms with van der Waals surface area (Å²) in [7, 11) is 0. The van der Waals surface area contributed by atoms with Gasteiger partial charge in [0.05, 0.1) is 12.3 Å². The SMILES string of the molecule is CCOc1nc(N2CCC(CO)CC2)ccc1N. The fourth-order valence-electron chi connectivity index (χ4n) is 2.21. The van der Waals surface area contributed by atoms with Crippen molar-refractivity contribution in [2.45, 2.75) is 19.8 Å². The minimum atomic E-state index is 0.285. The molecule has 100 valence electrons. The molecule has 0 spiro atoms. The number of piperidine rings is 1. The highest BCUT2D eigenvalue weighted by Gasteiger charge is 2.20. The van der Waals surface area contributed by atoms with E-state index in [9.17, 15) is 0 Å². The van der Waals surface area contributed by atoms with Crippen LogP contribution in [0.4, 0.5) is 11.5 Å². The van der Waals surface area contributed by atoms with E-state index >= 15 is 0 Å². The van der Waals surface area contributed by atoms with Crippen LogP contribution in [0.1, 0.15) is 19.8 Å². The predicted octanol–water partition coefficient (Wildman–Crippen LogP) is 1.27. The summed E-state index contributed by atoms with van der Waals surface area (Å²) in [4.78, 5) is 6.67. The molecule has 1 aliphatic rings. The molecule has 1 aromatic heterocycles. The number of aromatic nitrogens is 1. The lowest BCUT2D eigenvalue weighted by molar-refractivity contribution is 0.202. The van der Waals surface area contributed by atoms with Crippen LogP contribution in [0.2, 0.25) is 0 Å². The van der Waals surface area contributed by atoms with Gasteiger partial charge in [-0.15, -0.1) is 0 Å². The van der Waals surface area contributed by atoms with Crippen molar-refractivity contribution < 1.29 is 9.84 Å². The first-order valence-corrected chi connectivity index (χ1v) is 6.49. The molecule has 1 fully saturated rings. The molecule has 0 bridgehead atoms. The van der Waals surface area contributed by atoms with Gasteiger partial charge in [0.15, 0.2) is 0 Å². The van der Waals surface area contributed by atoms with E-state index < -0.39 is 0 Å². The normalized spacial score (nSPS) is 16.9. The molecule has 1 aromatic rings. The van der Waals surface area contributed by atoms with Crippen LogP contribution in [0.15, 0.2) is 12.1 Å². The van der Waals surface area contributed by atoms with Gasteiger partial charge in [0, 0.05) is 19.7 Å². The highest BCUT2D eigenvalue weighted by molar-refractivity contribution is 5.54. The molecule has 0 amide bonds. The summed E-state index contributed by atoms with van der Waals surface area (Å²) in [6, 6.07) is 3.77. The average molecular weight is 251 g/mol. The lowest BCUT2D eigenvalue weighted by atomic mass is 9.98. The van der Waals surface area contributed by atoms with E-state index in [2.05, 4.69) is 9.88 Å². The van der Waals surface area contributed by atoms with Gasteiger partial charge in [-0.05, 0) is 37.8 Å². The van der Waals surface area contributed by atoms with Crippen LogP contribution in [0.5, 0.6) is 5.88 Å². The highest BCUT2D eigenvalue weighted by atomic mass is 16.5. The number of hydrogen-bond acceptors (Lipinski definition) is 5. The molecular weight excluding hydrogens is 230 g/mol. The van der Waals surface area contributed by atoms with Crippen LogP contribution in [-0.4, -0.2) is 36.4 Å². The Morgan fingerprint density at radius 3 is 2.78 bits per heavy atom. The van der Waals surface area contributed by atoms with E-state index in [1.165, 1.54) is 0 Å². The minimum absolute atomic E-state index is 0.285. The molecule has 3 N–H and O–H groups in total. The van der Waals surface area contributed by atoms with Gasteiger partial charge in [-0.1, -0.05) is 0 Å². The number of ether oxygens (including phenoxy) is 1. The molecule has 18 heavy (non-hydrogen) atoms. The van der Waals surface area contributed by atoms with E-state index in [0.29, 0.717) is 24.1 Å². The van der Waals surface area contributed by atoms with Crippen LogP contribution in [0, 0.1) is 5.92 Å². The van der Waals surface area contributed by atoms with E-state index in [1.54, 1.807) is 0 Å². The number of aliphatic hydroxyl groups is 1. The smallest absolute Gasteiger partial charge is 0.239 e. The lowest BCUT2D eigenvalue weighted by Gasteiger charge is -2.32. The van der Waals surface area contributed by atoms with Gasteiger partial charge in [-0.2, -0.15) is 4.98 Å². The summed E-state index contributed by atoms with van der Waals surface area (Å²) in [5, 5.41) is 9.13. The molecule has 0 radical (unpaired) electrons. The fourth-order valence-corrected chi connectivity index (χ4v) is 2.21. The number of nitrogen functional groups attached to an aromatic ring is 1. The van der Waals surface area contributed by atoms with E-state index in [1.807, 2.05) is 19.1 Å². The Morgan fingerprint density at radius 1 is 1.44 bits per heavy atom. The third kappa shape index (κ3) is 2.85. The van der Waals surface area contributed by atoms with Crippen molar-refractivity contribution in [3.8, 4) is 5.88 Å². The summed E-state index contributed by atoms with van der Waals surface area (Å²) in [5.74, 6) is 1.85. The third-order valence-corrected chi connectivity index (χ3v) is 3.35. The molecule has 1 saturated heterocycles. The van der Waals surface area contributed by atoms with Crippen LogP contribution in [0.25, 0.3) is 0 Å². The zero-order valence-electron chi connectivity index (χ0n) is 10.8. The summed E-state index contributed by atoms with van der Waals surface area (Å²) in [6.07, 6.45) is 2.01. The third-order valence-electron chi connectivity index (χ3n) is 3.35. The summed E-state index contributed by atoms with van der Waals surface area (Å²) in [6.45, 7) is 4.61. The first-order chi connectivity index (χ1) is 8.74. The van der Waals surface area contributed by atoms with E-state index in [4.69, 9.17) is 15.6 Å². The van der Waals surface area contributed by atoms with Gasteiger partial charge in [-0.3, -0.25) is 0 Å². The molecule has 0 unspecified atom stereocenters. The van der Waals surface area contributed by atoms with E-state index in [0.717, 1.165) is 31.7 Å². The standard InChI is InChI=1S/C13H21N3O2/c1-2-18-13-11(14)3-4-12(15-13)16-7-5-10(9-17)6-8-16/h3-4,10,17H,2,5-9,14H2,1H3. The zero-order valence-corrected chi connectivity index (χ0v) is 10.8. The monoisotopic (exact) mass is 251 g/mol. The second-order valence-corrected chi connectivity index (χ2v) is 4.61. The van der Waals surface area contributed by atoms with Crippen molar-refractivity contribution in [1.82, 2.24) is 4.98 Å². The van der Waals surface area contributed by atoms with Crippen LogP contribution >= 0.6 is 0 Å². The van der Waals surface area contributed by atoms with Crippen molar-refractivity contribution in [3.63, 3.8) is 0 Å². The number of nitrogens with zero attached hydrogens (tertiary/aromatic N) is 2. The summed E-state index contributed by atoms with van der Waals surface area (Å²) < 4.78 is 5.41. The summed E-state index contributed by atoms with van der Waals surface area (Å²) in [5.41, 5.74) is 6.38. The maximum atomic E-state index is 9.13. The molecule has 0 aromatic carbocycles. The summed E-state index contributed by atoms with van der Waals surface area (Å²) >= 11 is 0. The number of hydrogen-bond donors (Lipinski definition) is 2. The number of aliphatic hydroxyl groups excluding tert-OH is 1. The Balaban J connectivity index is 2.07. The Labute approximate surface area is 108 Å². The molecule has 0 saturated carbocycles. The molecule has 0 atom stereocenters. The molecule has 2 rings (SSSR count). The number of anilines is 2. The predicted molar refractivity (Wildman–Crippen MR) is 71.8 cm³/mol.